The molecule has 0 radical (unpaired) electrons. The standard InChI is InChI=1S/C27H17F5N6O3/c28-18-19(29)21(31)24(22(32)20(18)30)37-26(40)23-25(27(37)41)36(35-33-23)12-17(39)38-16(14-9-5-2-6-10-14)11-15(34-38)13-7-3-1-4-8-13/h1-10,16,23,25H,11-12H2/t16-,23-,25+/m0/s1. The molecule has 0 saturated carbocycles. The largest absolute Gasteiger partial charge is 0.271 e. The second-order valence-corrected chi connectivity index (χ2v) is 9.40. The predicted octanol–water partition coefficient (Wildman–Crippen LogP) is 4.05. The van der Waals surface area contributed by atoms with E-state index in [1.54, 1.807) is 12.1 Å². The summed E-state index contributed by atoms with van der Waals surface area (Å²) in [6.07, 6.45) is 0.374. The molecule has 9 nitrogen and oxygen atoms in total. The number of hydrogen-bond donors (Lipinski definition) is 0. The van der Waals surface area contributed by atoms with Crippen molar-refractivity contribution in [2.75, 3.05) is 11.4 Å². The van der Waals surface area contributed by atoms with Crippen LogP contribution in [0.2, 0.25) is 0 Å². The van der Waals surface area contributed by atoms with Crippen LogP contribution in [0.4, 0.5) is 27.6 Å². The molecule has 208 valence electrons. The molecule has 3 aliphatic heterocycles. The van der Waals surface area contributed by atoms with Gasteiger partial charge in [-0.15, -0.1) is 0 Å². The van der Waals surface area contributed by atoms with Crippen molar-refractivity contribution in [1.29, 1.82) is 0 Å². The molecule has 1 fully saturated rings. The average molecular weight is 568 g/mol. The number of rotatable bonds is 5. The number of carbonyl (C=O) groups excluding carboxylic acids is 3. The van der Waals surface area contributed by atoms with Gasteiger partial charge in [-0.25, -0.2) is 31.9 Å². The number of fused-ring (bicyclic) bond motifs is 1. The topological polar surface area (TPSA) is 98.0 Å². The summed E-state index contributed by atoms with van der Waals surface area (Å²) < 4.78 is 70.1. The fourth-order valence-corrected chi connectivity index (χ4v) is 5.06. The number of hydrogen-bond acceptors (Lipinski definition) is 7. The Bertz CT molecular complexity index is 1620. The third-order valence-electron chi connectivity index (χ3n) is 7.02. The SMILES string of the molecule is O=C1[C@H]2N=NN(CC(=O)N3N=C(c4ccccc4)C[C@H]3c3ccccc3)[C@H]2C(=O)N1c1c(F)c(F)c(F)c(F)c1F. The van der Waals surface area contributed by atoms with E-state index in [9.17, 15) is 36.3 Å². The minimum Gasteiger partial charge on any atom is -0.271 e. The van der Waals surface area contributed by atoms with Crippen LogP contribution in [0.25, 0.3) is 0 Å². The van der Waals surface area contributed by atoms with Gasteiger partial charge in [0.2, 0.25) is 5.82 Å². The quantitative estimate of drug-likeness (QED) is 0.201. The molecule has 3 aromatic rings. The molecule has 0 spiro atoms. The molecule has 3 aromatic carbocycles. The third kappa shape index (κ3) is 4.13. The molecule has 3 atom stereocenters. The number of imide groups is 1. The van der Waals surface area contributed by atoms with Crippen LogP contribution >= 0.6 is 0 Å². The Kier molecular flexibility index (Phi) is 6.31. The van der Waals surface area contributed by atoms with Gasteiger partial charge < -0.3 is 0 Å². The van der Waals surface area contributed by atoms with Crippen molar-refractivity contribution in [3.8, 4) is 0 Å². The summed E-state index contributed by atoms with van der Waals surface area (Å²) >= 11 is 0. The highest BCUT2D eigenvalue weighted by Crippen LogP contribution is 2.38. The zero-order valence-corrected chi connectivity index (χ0v) is 20.7. The van der Waals surface area contributed by atoms with Crippen LogP contribution in [-0.4, -0.2) is 52.1 Å². The summed E-state index contributed by atoms with van der Waals surface area (Å²) in [6, 6.07) is 14.4. The Morgan fingerprint density at radius 2 is 1.39 bits per heavy atom. The van der Waals surface area contributed by atoms with E-state index in [-0.39, 0.29) is 4.90 Å². The first-order chi connectivity index (χ1) is 19.7. The van der Waals surface area contributed by atoms with E-state index in [1.165, 1.54) is 5.01 Å². The van der Waals surface area contributed by atoms with Crippen molar-refractivity contribution >= 4 is 29.1 Å². The first-order valence-corrected chi connectivity index (χ1v) is 12.3. The Balaban J connectivity index is 1.29. The van der Waals surface area contributed by atoms with E-state index in [2.05, 4.69) is 15.4 Å². The number of halogens is 5. The first-order valence-electron chi connectivity index (χ1n) is 12.3. The van der Waals surface area contributed by atoms with Gasteiger partial charge in [-0.2, -0.15) is 10.2 Å². The lowest BCUT2D eigenvalue weighted by molar-refractivity contribution is -0.135. The first kappa shape index (κ1) is 26.2. The number of anilines is 1. The molecular weight excluding hydrogens is 551 g/mol. The minimum atomic E-state index is -2.44. The molecule has 3 amide bonds. The van der Waals surface area contributed by atoms with Crippen LogP contribution in [-0.2, 0) is 14.4 Å². The molecule has 0 aliphatic carbocycles. The third-order valence-corrected chi connectivity index (χ3v) is 7.02. The lowest BCUT2D eigenvalue weighted by atomic mass is 9.98. The number of amides is 3. The second kappa shape index (κ2) is 9.87. The highest BCUT2D eigenvalue weighted by molar-refractivity contribution is 6.25. The number of hydrazone groups is 1. The summed E-state index contributed by atoms with van der Waals surface area (Å²) in [5, 5.41) is 14.0. The van der Waals surface area contributed by atoms with E-state index in [0.717, 1.165) is 16.1 Å². The van der Waals surface area contributed by atoms with Crippen LogP contribution < -0.4 is 4.90 Å². The number of carbonyl (C=O) groups is 3. The fraction of sp³-hybridized carbons (Fsp3) is 0.185. The van der Waals surface area contributed by atoms with Crippen molar-refractivity contribution in [2.45, 2.75) is 24.5 Å². The highest BCUT2D eigenvalue weighted by Gasteiger charge is 2.57. The predicted molar refractivity (Wildman–Crippen MR) is 131 cm³/mol. The Hall–Kier alpha value is -5.01. The molecule has 6 rings (SSSR count). The molecule has 0 N–H and O–H groups in total. The van der Waals surface area contributed by atoms with Gasteiger partial charge in [0.1, 0.15) is 12.2 Å². The van der Waals surface area contributed by atoms with Crippen LogP contribution in [0.3, 0.4) is 0 Å². The molecular formula is C27H17F5N6O3. The Morgan fingerprint density at radius 3 is 2.02 bits per heavy atom. The van der Waals surface area contributed by atoms with Gasteiger partial charge >= 0.3 is 0 Å². The lowest BCUT2D eigenvalue weighted by Gasteiger charge is -2.25. The Morgan fingerprint density at radius 1 is 0.805 bits per heavy atom. The van der Waals surface area contributed by atoms with Crippen molar-refractivity contribution in [3.05, 3.63) is 101 Å². The molecule has 3 aliphatic rings. The summed E-state index contributed by atoms with van der Waals surface area (Å²) in [5.74, 6) is -15.1. The van der Waals surface area contributed by atoms with Gasteiger partial charge in [0, 0.05) is 6.42 Å². The number of benzene rings is 3. The summed E-state index contributed by atoms with van der Waals surface area (Å²) in [7, 11) is 0. The van der Waals surface area contributed by atoms with Crippen molar-refractivity contribution in [3.63, 3.8) is 0 Å². The summed E-state index contributed by atoms with van der Waals surface area (Å²) in [5.41, 5.74) is 0.479. The van der Waals surface area contributed by atoms with Crippen molar-refractivity contribution in [1.82, 2.24) is 10.0 Å². The lowest BCUT2D eigenvalue weighted by Crippen LogP contribution is -2.45. The van der Waals surface area contributed by atoms with Crippen LogP contribution in [0, 0.1) is 29.1 Å². The summed E-state index contributed by atoms with van der Waals surface area (Å²) in [4.78, 5) is 39.4. The molecule has 0 aromatic heterocycles. The van der Waals surface area contributed by atoms with E-state index in [4.69, 9.17) is 0 Å². The van der Waals surface area contributed by atoms with E-state index in [0.29, 0.717) is 12.1 Å². The monoisotopic (exact) mass is 568 g/mol. The molecule has 41 heavy (non-hydrogen) atoms. The zero-order valence-electron chi connectivity index (χ0n) is 20.7. The van der Waals surface area contributed by atoms with Gasteiger partial charge in [0.15, 0.2) is 35.4 Å². The van der Waals surface area contributed by atoms with E-state index >= 15 is 0 Å². The number of nitrogens with zero attached hydrogens (tertiary/aromatic N) is 6. The highest BCUT2D eigenvalue weighted by atomic mass is 19.2. The molecule has 1 saturated heterocycles. The normalized spacial score (nSPS) is 21.6. The van der Waals surface area contributed by atoms with Crippen molar-refractivity contribution in [2.24, 2.45) is 15.4 Å². The van der Waals surface area contributed by atoms with Gasteiger partial charge in [-0.05, 0) is 11.1 Å². The van der Waals surface area contributed by atoms with E-state index < -0.39 is 77.2 Å². The molecule has 0 bridgehead atoms. The second-order valence-electron chi connectivity index (χ2n) is 9.40. The molecule has 3 heterocycles. The molecule has 0 unspecified atom stereocenters. The summed E-state index contributed by atoms with van der Waals surface area (Å²) in [6.45, 7) is -0.621. The van der Waals surface area contributed by atoms with Crippen LogP contribution in [0.15, 0.2) is 76.1 Å². The zero-order chi connectivity index (χ0) is 29.0. The van der Waals surface area contributed by atoms with Gasteiger partial charge in [-0.3, -0.25) is 19.4 Å². The molecule has 14 heteroatoms. The van der Waals surface area contributed by atoms with Gasteiger partial charge in [-0.1, -0.05) is 65.9 Å². The van der Waals surface area contributed by atoms with E-state index in [1.807, 2.05) is 48.5 Å². The van der Waals surface area contributed by atoms with Gasteiger partial charge in [0.25, 0.3) is 17.7 Å². The van der Waals surface area contributed by atoms with Crippen LogP contribution in [0.1, 0.15) is 23.6 Å². The maximum absolute atomic E-state index is 14.5. The maximum atomic E-state index is 14.5. The average Bonchev–Trinajstić information content (AvgIpc) is 3.68. The maximum Gasteiger partial charge on any atom is 0.264 e. The smallest absolute Gasteiger partial charge is 0.264 e. The van der Waals surface area contributed by atoms with Crippen LogP contribution in [0.5, 0.6) is 0 Å². The minimum absolute atomic E-state index is 0.143. The fourth-order valence-electron chi connectivity index (χ4n) is 5.06. The van der Waals surface area contributed by atoms with Gasteiger partial charge in [0.05, 0.1) is 11.8 Å². The Labute approximate surface area is 228 Å². The van der Waals surface area contributed by atoms with Crippen molar-refractivity contribution < 1.29 is 36.3 Å².